The molecule has 3 heteroatoms. The summed E-state index contributed by atoms with van der Waals surface area (Å²) in [5.74, 6) is -0.945. The second-order valence-corrected chi connectivity index (χ2v) is 3.50. The molecule has 16 heavy (non-hydrogen) atoms. The van der Waals surface area contributed by atoms with Gasteiger partial charge in [-0.1, -0.05) is 30.3 Å². The Morgan fingerprint density at radius 2 is 1.50 bits per heavy atom. The first-order valence-electron chi connectivity index (χ1n) is 5.66. The predicted octanol–water partition coefficient (Wildman–Crippen LogP) is 2.95. The van der Waals surface area contributed by atoms with E-state index < -0.39 is 5.97 Å². The molecule has 0 heterocycles. The van der Waals surface area contributed by atoms with Gasteiger partial charge in [0.15, 0.2) is 0 Å². The number of rotatable bonds is 7. The molecule has 90 valence electrons. The molecule has 1 rings (SSSR count). The molecule has 0 amide bonds. The molecule has 0 aromatic heterocycles. The maximum atomic E-state index is 5.65. The van der Waals surface area contributed by atoms with E-state index in [9.17, 15) is 0 Å². The molecule has 1 aromatic rings. The van der Waals surface area contributed by atoms with Gasteiger partial charge in [0.25, 0.3) is 5.97 Å². The Bertz CT molecular complexity index is 278. The highest BCUT2D eigenvalue weighted by molar-refractivity contribution is 5.13. The summed E-state index contributed by atoms with van der Waals surface area (Å²) in [6, 6.07) is 9.97. The molecule has 0 spiro atoms. The van der Waals surface area contributed by atoms with E-state index in [2.05, 4.69) is 0 Å². The summed E-state index contributed by atoms with van der Waals surface area (Å²) in [4.78, 5) is 0. The third-order valence-corrected chi connectivity index (χ3v) is 2.16. The van der Waals surface area contributed by atoms with Crippen molar-refractivity contribution in [3.63, 3.8) is 0 Å². The van der Waals surface area contributed by atoms with Crippen LogP contribution < -0.4 is 0 Å². The maximum absolute atomic E-state index is 5.65. The first kappa shape index (κ1) is 13.2. The van der Waals surface area contributed by atoms with Crippen LogP contribution in [-0.4, -0.2) is 19.2 Å². The molecule has 0 bridgehead atoms. The lowest BCUT2D eigenvalue weighted by molar-refractivity contribution is -0.371. The van der Waals surface area contributed by atoms with Gasteiger partial charge in [-0.25, -0.2) is 0 Å². The van der Waals surface area contributed by atoms with E-state index in [1.54, 1.807) is 6.92 Å². The molecular formula is C13H20O3. The molecule has 0 aliphatic carbocycles. The van der Waals surface area contributed by atoms with Crippen molar-refractivity contribution in [3.8, 4) is 0 Å². The third-order valence-electron chi connectivity index (χ3n) is 2.16. The Balaban J connectivity index is 2.49. The zero-order valence-electron chi connectivity index (χ0n) is 10.2. The Kier molecular flexibility index (Phi) is 5.46. The second kappa shape index (κ2) is 6.63. The summed E-state index contributed by atoms with van der Waals surface area (Å²) in [6.45, 7) is 7.24. The van der Waals surface area contributed by atoms with E-state index in [4.69, 9.17) is 14.2 Å². The topological polar surface area (TPSA) is 27.7 Å². The van der Waals surface area contributed by atoms with Gasteiger partial charge in [0.2, 0.25) is 0 Å². The molecular weight excluding hydrogens is 204 g/mol. The van der Waals surface area contributed by atoms with Gasteiger partial charge in [-0.2, -0.15) is 0 Å². The highest BCUT2D eigenvalue weighted by atomic mass is 16.9. The quantitative estimate of drug-likeness (QED) is 0.666. The van der Waals surface area contributed by atoms with Crippen molar-refractivity contribution in [1.82, 2.24) is 0 Å². The average Bonchev–Trinajstić information content (AvgIpc) is 2.29. The van der Waals surface area contributed by atoms with Crippen LogP contribution in [0.3, 0.4) is 0 Å². The number of ether oxygens (including phenoxy) is 3. The number of benzene rings is 1. The van der Waals surface area contributed by atoms with E-state index in [0.717, 1.165) is 5.56 Å². The van der Waals surface area contributed by atoms with Crippen LogP contribution in [0.25, 0.3) is 0 Å². The normalized spacial score (nSPS) is 11.7. The molecule has 0 unspecified atom stereocenters. The SMILES string of the molecule is CCOC(C)(OCC)OCc1ccccc1. The summed E-state index contributed by atoms with van der Waals surface area (Å²) in [6.07, 6.45) is 0. The molecule has 0 radical (unpaired) electrons. The van der Waals surface area contributed by atoms with Crippen LogP contribution in [0.15, 0.2) is 30.3 Å². The van der Waals surface area contributed by atoms with Crippen LogP contribution in [0.2, 0.25) is 0 Å². The molecule has 1 aromatic carbocycles. The number of hydrogen-bond donors (Lipinski definition) is 0. The van der Waals surface area contributed by atoms with Crippen LogP contribution >= 0.6 is 0 Å². The molecule has 0 fully saturated rings. The maximum Gasteiger partial charge on any atom is 0.280 e. The third kappa shape index (κ3) is 4.31. The van der Waals surface area contributed by atoms with E-state index in [-0.39, 0.29) is 0 Å². The van der Waals surface area contributed by atoms with Crippen LogP contribution in [-0.2, 0) is 20.8 Å². The molecule has 0 N–H and O–H groups in total. The zero-order chi connectivity index (χ0) is 11.9. The molecule has 0 aliphatic heterocycles. The number of hydrogen-bond acceptors (Lipinski definition) is 3. The summed E-state index contributed by atoms with van der Waals surface area (Å²) in [5.41, 5.74) is 1.10. The largest absolute Gasteiger partial charge is 0.328 e. The van der Waals surface area contributed by atoms with Crippen molar-refractivity contribution in [2.24, 2.45) is 0 Å². The lowest BCUT2D eigenvalue weighted by Gasteiger charge is -2.28. The minimum Gasteiger partial charge on any atom is -0.328 e. The molecule has 0 aliphatic rings. The minimum absolute atomic E-state index is 0.483. The van der Waals surface area contributed by atoms with Gasteiger partial charge in [0, 0.05) is 20.1 Å². The highest BCUT2D eigenvalue weighted by Crippen LogP contribution is 2.17. The van der Waals surface area contributed by atoms with Gasteiger partial charge in [-0.3, -0.25) is 0 Å². The monoisotopic (exact) mass is 224 g/mol. The second-order valence-electron chi connectivity index (χ2n) is 3.50. The fraction of sp³-hybridized carbons (Fsp3) is 0.538. The molecule has 0 saturated heterocycles. The zero-order valence-corrected chi connectivity index (χ0v) is 10.2. The van der Waals surface area contributed by atoms with Crippen LogP contribution in [0.5, 0.6) is 0 Å². The lowest BCUT2D eigenvalue weighted by atomic mass is 10.2. The fourth-order valence-corrected chi connectivity index (χ4v) is 1.44. The Morgan fingerprint density at radius 3 is 2.00 bits per heavy atom. The van der Waals surface area contributed by atoms with E-state index >= 15 is 0 Å². The van der Waals surface area contributed by atoms with E-state index in [1.165, 1.54) is 0 Å². The summed E-state index contributed by atoms with van der Waals surface area (Å²) < 4.78 is 16.5. The summed E-state index contributed by atoms with van der Waals surface area (Å²) in [7, 11) is 0. The predicted molar refractivity (Wildman–Crippen MR) is 62.9 cm³/mol. The lowest BCUT2D eigenvalue weighted by Crippen LogP contribution is -2.35. The van der Waals surface area contributed by atoms with Gasteiger partial charge in [0.1, 0.15) is 0 Å². The minimum atomic E-state index is -0.945. The smallest absolute Gasteiger partial charge is 0.280 e. The van der Waals surface area contributed by atoms with E-state index in [0.29, 0.717) is 19.8 Å². The van der Waals surface area contributed by atoms with Crippen molar-refractivity contribution in [2.75, 3.05) is 13.2 Å². The van der Waals surface area contributed by atoms with Crippen LogP contribution in [0.4, 0.5) is 0 Å². The highest BCUT2D eigenvalue weighted by Gasteiger charge is 2.25. The van der Waals surface area contributed by atoms with Gasteiger partial charge in [-0.15, -0.1) is 0 Å². The van der Waals surface area contributed by atoms with Gasteiger partial charge in [0.05, 0.1) is 6.61 Å². The Hall–Kier alpha value is -0.900. The van der Waals surface area contributed by atoms with Crippen molar-refractivity contribution in [3.05, 3.63) is 35.9 Å². The van der Waals surface area contributed by atoms with Gasteiger partial charge in [-0.05, 0) is 19.4 Å². The summed E-state index contributed by atoms with van der Waals surface area (Å²) in [5, 5.41) is 0. The van der Waals surface area contributed by atoms with Crippen LogP contribution in [0.1, 0.15) is 26.3 Å². The Labute approximate surface area is 97.3 Å². The average molecular weight is 224 g/mol. The standard InChI is InChI=1S/C13H20O3/c1-4-14-13(3,15-5-2)16-11-12-9-7-6-8-10-12/h6-10H,4-5,11H2,1-3H3. The molecule has 0 atom stereocenters. The first-order valence-corrected chi connectivity index (χ1v) is 5.66. The first-order chi connectivity index (χ1) is 7.70. The Morgan fingerprint density at radius 1 is 0.938 bits per heavy atom. The summed E-state index contributed by atoms with van der Waals surface area (Å²) >= 11 is 0. The molecule has 3 nitrogen and oxygen atoms in total. The van der Waals surface area contributed by atoms with E-state index in [1.807, 2.05) is 44.2 Å². The van der Waals surface area contributed by atoms with Crippen molar-refractivity contribution < 1.29 is 14.2 Å². The van der Waals surface area contributed by atoms with Crippen molar-refractivity contribution >= 4 is 0 Å². The van der Waals surface area contributed by atoms with Crippen molar-refractivity contribution in [2.45, 2.75) is 33.4 Å². The van der Waals surface area contributed by atoms with Crippen LogP contribution in [0, 0.1) is 0 Å². The van der Waals surface area contributed by atoms with Gasteiger partial charge >= 0.3 is 0 Å². The molecule has 0 saturated carbocycles. The van der Waals surface area contributed by atoms with Gasteiger partial charge < -0.3 is 14.2 Å². The van der Waals surface area contributed by atoms with Crippen molar-refractivity contribution in [1.29, 1.82) is 0 Å². The fourth-order valence-electron chi connectivity index (χ4n) is 1.44.